The molecule has 1 aliphatic rings. The summed E-state index contributed by atoms with van der Waals surface area (Å²) in [5, 5.41) is 8.40. The van der Waals surface area contributed by atoms with Crippen LogP contribution in [-0.4, -0.2) is 54.0 Å². The SMILES string of the molecule is COCCNC(=O)[C@@H]1CCCN(c2nc3c(s2)c(C)nn3-c2ccc(F)cc2)C1. The lowest BCUT2D eigenvalue weighted by molar-refractivity contribution is -0.125. The quantitative estimate of drug-likeness (QED) is 0.625. The Hall–Kier alpha value is -2.52. The first-order chi connectivity index (χ1) is 14.1. The summed E-state index contributed by atoms with van der Waals surface area (Å²) in [6.07, 6.45) is 1.82. The fourth-order valence-corrected chi connectivity index (χ4v) is 4.63. The normalized spacial score (nSPS) is 17.1. The first-order valence-corrected chi connectivity index (χ1v) is 10.5. The number of anilines is 1. The summed E-state index contributed by atoms with van der Waals surface area (Å²) in [5.41, 5.74) is 2.43. The Morgan fingerprint density at radius 2 is 2.17 bits per heavy atom. The number of hydrogen-bond donors (Lipinski definition) is 1. The summed E-state index contributed by atoms with van der Waals surface area (Å²) in [6, 6.07) is 6.23. The summed E-state index contributed by atoms with van der Waals surface area (Å²) in [6.45, 7) is 4.52. The smallest absolute Gasteiger partial charge is 0.224 e. The molecule has 3 heterocycles. The van der Waals surface area contributed by atoms with Crippen molar-refractivity contribution in [2.75, 3.05) is 38.3 Å². The summed E-state index contributed by atoms with van der Waals surface area (Å²) in [5.74, 6) is -0.264. The maximum atomic E-state index is 13.3. The number of carbonyl (C=O) groups is 1. The number of hydrogen-bond acceptors (Lipinski definition) is 6. The third-order valence-corrected chi connectivity index (χ3v) is 6.33. The second-order valence-electron chi connectivity index (χ2n) is 7.19. The maximum Gasteiger partial charge on any atom is 0.224 e. The van der Waals surface area contributed by atoms with Crippen LogP contribution < -0.4 is 10.2 Å². The molecule has 4 rings (SSSR count). The van der Waals surface area contributed by atoms with Crippen LogP contribution in [0.3, 0.4) is 0 Å². The minimum Gasteiger partial charge on any atom is -0.383 e. The molecule has 29 heavy (non-hydrogen) atoms. The van der Waals surface area contributed by atoms with Gasteiger partial charge in [0.1, 0.15) is 5.82 Å². The Bertz CT molecular complexity index is 1000. The number of aromatic nitrogens is 3. The van der Waals surface area contributed by atoms with Gasteiger partial charge in [0.25, 0.3) is 0 Å². The molecule has 1 fully saturated rings. The topological polar surface area (TPSA) is 72.3 Å². The van der Waals surface area contributed by atoms with Crippen molar-refractivity contribution in [3.05, 3.63) is 35.8 Å². The molecule has 1 amide bonds. The average molecular weight is 418 g/mol. The molecule has 0 radical (unpaired) electrons. The Kier molecular flexibility index (Phi) is 5.77. The van der Waals surface area contributed by atoms with E-state index in [1.807, 2.05) is 6.92 Å². The molecule has 2 aromatic heterocycles. The van der Waals surface area contributed by atoms with Crippen molar-refractivity contribution >= 4 is 32.7 Å². The number of rotatable bonds is 6. The Labute approximate surface area is 172 Å². The van der Waals surface area contributed by atoms with E-state index in [4.69, 9.17) is 9.72 Å². The number of carbonyl (C=O) groups excluding carboxylic acids is 1. The standard InChI is InChI=1S/C20H24FN5O2S/c1-13-17-18(26(24-13)16-7-5-15(21)6-8-16)23-20(29-17)25-10-3-4-14(12-25)19(27)22-9-11-28-2/h5-8,14H,3-4,9-12H2,1-2H3,(H,22,27)/t14-/m1/s1. The van der Waals surface area contributed by atoms with Crippen LogP contribution in [0, 0.1) is 18.7 Å². The molecule has 1 aliphatic heterocycles. The highest BCUT2D eigenvalue weighted by atomic mass is 32.1. The molecule has 0 spiro atoms. The van der Waals surface area contributed by atoms with E-state index >= 15 is 0 Å². The van der Waals surface area contributed by atoms with Gasteiger partial charge in [-0.05, 0) is 44.0 Å². The third-order valence-electron chi connectivity index (χ3n) is 5.12. The van der Waals surface area contributed by atoms with Gasteiger partial charge in [-0.25, -0.2) is 9.07 Å². The average Bonchev–Trinajstić information content (AvgIpc) is 3.30. The number of thiazole rings is 1. The van der Waals surface area contributed by atoms with Gasteiger partial charge in [0.05, 0.1) is 28.6 Å². The van der Waals surface area contributed by atoms with Crippen molar-refractivity contribution in [1.82, 2.24) is 20.1 Å². The van der Waals surface area contributed by atoms with Gasteiger partial charge in [0, 0.05) is 26.7 Å². The van der Waals surface area contributed by atoms with Crippen molar-refractivity contribution in [2.24, 2.45) is 5.92 Å². The molecule has 9 heteroatoms. The van der Waals surface area contributed by atoms with Gasteiger partial charge in [-0.1, -0.05) is 11.3 Å². The summed E-state index contributed by atoms with van der Waals surface area (Å²) >= 11 is 1.59. The minimum absolute atomic E-state index is 0.0534. The van der Waals surface area contributed by atoms with Crippen LogP contribution in [0.1, 0.15) is 18.5 Å². The second kappa shape index (κ2) is 8.46. The Morgan fingerprint density at radius 1 is 1.38 bits per heavy atom. The number of halogens is 1. The predicted octanol–water partition coefficient (Wildman–Crippen LogP) is 2.91. The highest BCUT2D eigenvalue weighted by Crippen LogP contribution is 2.34. The number of ether oxygens (including phenoxy) is 1. The van der Waals surface area contributed by atoms with Gasteiger partial charge < -0.3 is 15.0 Å². The van der Waals surface area contributed by atoms with E-state index in [1.54, 1.807) is 35.3 Å². The van der Waals surface area contributed by atoms with E-state index in [1.165, 1.54) is 12.1 Å². The number of nitrogens with zero attached hydrogens (tertiary/aromatic N) is 4. The summed E-state index contributed by atoms with van der Waals surface area (Å²) in [7, 11) is 1.62. The van der Waals surface area contributed by atoms with Gasteiger partial charge in [0.15, 0.2) is 10.8 Å². The first-order valence-electron chi connectivity index (χ1n) is 9.70. The van der Waals surface area contributed by atoms with E-state index in [0.29, 0.717) is 19.7 Å². The van der Waals surface area contributed by atoms with Crippen molar-refractivity contribution in [3.63, 3.8) is 0 Å². The molecular formula is C20H24FN5O2S. The number of amides is 1. The molecule has 3 aromatic rings. The Morgan fingerprint density at radius 3 is 2.93 bits per heavy atom. The number of benzene rings is 1. The number of aryl methyl sites for hydroxylation is 1. The van der Waals surface area contributed by atoms with Crippen LogP contribution in [0.2, 0.25) is 0 Å². The van der Waals surface area contributed by atoms with E-state index < -0.39 is 0 Å². The van der Waals surface area contributed by atoms with Crippen LogP contribution in [-0.2, 0) is 9.53 Å². The zero-order valence-electron chi connectivity index (χ0n) is 16.5. The number of nitrogens with one attached hydrogen (secondary N) is 1. The van der Waals surface area contributed by atoms with Gasteiger partial charge in [-0.15, -0.1) is 0 Å². The molecule has 1 saturated heterocycles. The van der Waals surface area contributed by atoms with Gasteiger partial charge in [-0.2, -0.15) is 10.1 Å². The number of piperidine rings is 1. The molecule has 1 aromatic carbocycles. The van der Waals surface area contributed by atoms with Gasteiger partial charge in [0.2, 0.25) is 5.91 Å². The maximum absolute atomic E-state index is 13.3. The lowest BCUT2D eigenvalue weighted by Crippen LogP contribution is -2.43. The van der Waals surface area contributed by atoms with Crippen molar-refractivity contribution in [1.29, 1.82) is 0 Å². The molecule has 7 nitrogen and oxygen atoms in total. The second-order valence-corrected chi connectivity index (χ2v) is 8.17. The number of fused-ring (bicyclic) bond motifs is 1. The molecule has 0 aliphatic carbocycles. The lowest BCUT2D eigenvalue weighted by atomic mass is 9.97. The lowest BCUT2D eigenvalue weighted by Gasteiger charge is -2.31. The summed E-state index contributed by atoms with van der Waals surface area (Å²) in [4.78, 5) is 19.4. The van der Waals surface area contributed by atoms with Crippen molar-refractivity contribution in [2.45, 2.75) is 19.8 Å². The molecule has 0 unspecified atom stereocenters. The van der Waals surface area contributed by atoms with Crippen LogP contribution in [0.5, 0.6) is 0 Å². The van der Waals surface area contributed by atoms with E-state index in [0.717, 1.165) is 46.2 Å². The van der Waals surface area contributed by atoms with Crippen LogP contribution >= 0.6 is 11.3 Å². The fraction of sp³-hybridized carbons (Fsp3) is 0.450. The predicted molar refractivity (Wildman–Crippen MR) is 111 cm³/mol. The molecule has 0 saturated carbocycles. The van der Waals surface area contributed by atoms with E-state index in [-0.39, 0.29) is 17.6 Å². The third kappa shape index (κ3) is 4.11. The molecule has 1 atom stereocenters. The fourth-order valence-electron chi connectivity index (χ4n) is 3.61. The highest BCUT2D eigenvalue weighted by Gasteiger charge is 2.28. The molecule has 1 N–H and O–H groups in total. The van der Waals surface area contributed by atoms with Gasteiger partial charge >= 0.3 is 0 Å². The zero-order valence-corrected chi connectivity index (χ0v) is 17.3. The molecule has 154 valence electrons. The first kappa shape index (κ1) is 19.8. The van der Waals surface area contributed by atoms with Crippen LogP contribution in [0.25, 0.3) is 16.0 Å². The van der Waals surface area contributed by atoms with Crippen molar-refractivity contribution < 1.29 is 13.9 Å². The highest BCUT2D eigenvalue weighted by molar-refractivity contribution is 7.22. The van der Waals surface area contributed by atoms with E-state index in [9.17, 15) is 9.18 Å². The Balaban J connectivity index is 1.55. The van der Waals surface area contributed by atoms with Crippen LogP contribution in [0.4, 0.5) is 9.52 Å². The van der Waals surface area contributed by atoms with Crippen molar-refractivity contribution in [3.8, 4) is 5.69 Å². The van der Waals surface area contributed by atoms with Gasteiger partial charge in [-0.3, -0.25) is 4.79 Å². The van der Waals surface area contributed by atoms with E-state index in [2.05, 4.69) is 15.3 Å². The molecular weight excluding hydrogens is 393 g/mol. The monoisotopic (exact) mass is 417 g/mol. The summed E-state index contributed by atoms with van der Waals surface area (Å²) < 4.78 is 21.0. The minimum atomic E-state index is -0.282. The molecule has 0 bridgehead atoms. The van der Waals surface area contributed by atoms with Crippen LogP contribution in [0.15, 0.2) is 24.3 Å². The zero-order chi connectivity index (χ0) is 20.4. The largest absolute Gasteiger partial charge is 0.383 e. The number of methoxy groups -OCH3 is 1.